The molecular formula is C19H21FN2O2. The summed E-state index contributed by atoms with van der Waals surface area (Å²) in [5.74, 6) is 1.34. The molecule has 1 aliphatic carbocycles. The van der Waals surface area contributed by atoms with Crippen LogP contribution < -0.4 is 0 Å². The van der Waals surface area contributed by atoms with Gasteiger partial charge in [-0.25, -0.2) is 4.39 Å². The summed E-state index contributed by atoms with van der Waals surface area (Å²) < 4.78 is 19.1. The number of halogens is 1. The second-order valence-corrected chi connectivity index (χ2v) is 6.66. The SMILES string of the molecule is O=C([C@H]1C[C@H]1c1ccco1)N1CCN(Cc2ccccc2F)CC1. The van der Waals surface area contributed by atoms with Crippen molar-refractivity contribution in [2.75, 3.05) is 26.2 Å². The van der Waals surface area contributed by atoms with Gasteiger partial charge in [-0.3, -0.25) is 9.69 Å². The average molecular weight is 328 g/mol. The molecule has 1 aromatic carbocycles. The topological polar surface area (TPSA) is 36.7 Å². The maximum absolute atomic E-state index is 13.7. The molecule has 126 valence electrons. The van der Waals surface area contributed by atoms with Gasteiger partial charge in [-0.2, -0.15) is 0 Å². The van der Waals surface area contributed by atoms with E-state index in [0.717, 1.165) is 30.8 Å². The van der Waals surface area contributed by atoms with Crippen molar-refractivity contribution in [2.45, 2.75) is 18.9 Å². The van der Waals surface area contributed by atoms with Crippen LogP contribution in [-0.4, -0.2) is 41.9 Å². The van der Waals surface area contributed by atoms with E-state index in [9.17, 15) is 9.18 Å². The Kier molecular flexibility index (Phi) is 4.10. The number of piperazine rings is 1. The summed E-state index contributed by atoms with van der Waals surface area (Å²) in [6.45, 7) is 3.62. The van der Waals surface area contributed by atoms with E-state index < -0.39 is 0 Å². The normalized spacial score (nSPS) is 24.1. The van der Waals surface area contributed by atoms with E-state index in [0.29, 0.717) is 19.6 Å². The molecule has 0 unspecified atom stereocenters. The van der Waals surface area contributed by atoms with Gasteiger partial charge >= 0.3 is 0 Å². The molecular weight excluding hydrogens is 307 g/mol. The molecule has 2 fully saturated rings. The minimum Gasteiger partial charge on any atom is -0.469 e. The van der Waals surface area contributed by atoms with Crippen LogP contribution in [0.1, 0.15) is 23.7 Å². The number of furan rings is 1. The van der Waals surface area contributed by atoms with E-state index in [1.165, 1.54) is 6.07 Å². The predicted octanol–water partition coefficient (Wildman–Crippen LogP) is 2.87. The van der Waals surface area contributed by atoms with E-state index in [1.54, 1.807) is 12.3 Å². The Morgan fingerprint density at radius 1 is 1.12 bits per heavy atom. The van der Waals surface area contributed by atoms with Crippen molar-refractivity contribution in [2.24, 2.45) is 5.92 Å². The standard InChI is InChI=1S/C19H21FN2O2/c20-17-5-2-1-4-14(17)13-21-7-9-22(10-8-21)19(23)16-12-15(16)18-6-3-11-24-18/h1-6,11,15-16H,7-10,12-13H2/t15-,16+/m1/s1. The molecule has 1 amide bonds. The van der Waals surface area contributed by atoms with Gasteiger partial charge in [-0.05, 0) is 24.6 Å². The largest absolute Gasteiger partial charge is 0.469 e. The first kappa shape index (κ1) is 15.4. The molecule has 24 heavy (non-hydrogen) atoms. The van der Waals surface area contributed by atoms with E-state index in [4.69, 9.17) is 4.42 Å². The molecule has 2 aliphatic rings. The molecule has 0 spiro atoms. The third-order valence-corrected chi connectivity index (χ3v) is 5.05. The number of rotatable bonds is 4. The van der Waals surface area contributed by atoms with Crippen LogP contribution in [0.4, 0.5) is 4.39 Å². The first-order chi connectivity index (χ1) is 11.7. The van der Waals surface area contributed by atoms with Gasteiger partial charge in [0.05, 0.1) is 6.26 Å². The predicted molar refractivity (Wildman–Crippen MR) is 87.8 cm³/mol. The fraction of sp³-hybridized carbons (Fsp3) is 0.421. The second-order valence-electron chi connectivity index (χ2n) is 6.66. The van der Waals surface area contributed by atoms with Gasteiger partial charge in [0, 0.05) is 50.1 Å². The van der Waals surface area contributed by atoms with Crippen molar-refractivity contribution >= 4 is 5.91 Å². The number of hydrogen-bond acceptors (Lipinski definition) is 3. The van der Waals surface area contributed by atoms with Crippen LogP contribution in [-0.2, 0) is 11.3 Å². The molecule has 5 heteroatoms. The molecule has 2 atom stereocenters. The summed E-state index contributed by atoms with van der Waals surface area (Å²) in [6.07, 6.45) is 2.55. The zero-order valence-corrected chi connectivity index (χ0v) is 13.5. The van der Waals surface area contributed by atoms with E-state index in [2.05, 4.69) is 4.90 Å². The number of hydrogen-bond donors (Lipinski definition) is 0. The minimum absolute atomic E-state index is 0.0780. The fourth-order valence-corrected chi connectivity index (χ4v) is 3.51. The highest BCUT2D eigenvalue weighted by Gasteiger charge is 2.47. The first-order valence-electron chi connectivity index (χ1n) is 8.50. The van der Waals surface area contributed by atoms with Gasteiger partial charge in [-0.1, -0.05) is 18.2 Å². The summed E-state index contributed by atoms with van der Waals surface area (Å²) in [5, 5.41) is 0. The van der Waals surface area contributed by atoms with Crippen LogP contribution in [0.3, 0.4) is 0 Å². The highest BCUT2D eigenvalue weighted by Crippen LogP contribution is 2.48. The minimum atomic E-state index is -0.157. The molecule has 4 nitrogen and oxygen atoms in total. The van der Waals surface area contributed by atoms with Crippen LogP contribution in [0.5, 0.6) is 0 Å². The van der Waals surface area contributed by atoms with Gasteiger partial charge in [-0.15, -0.1) is 0 Å². The Balaban J connectivity index is 1.29. The Morgan fingerprint density at radius 2 is 1.92 bits per heavy atom. The smallest absolute Gasteiger partial charge is 0.226 e. The van der Waals surface area contributed by atoms with Crippen molar-refractivity contribution in [3.05, 3.63) is 59.8 Å². The molecule has 1 aromatic heterocycles. The number of nitrogens with zero attached hydrogens (tertiary/aromatic N) is 2. The summed E-state index contributed by atoms with van der Waals surface area (Å²) in [7, 11) is 0. The van der Waals surface area contributed by atoms with Crippen LogP contribution in [0.2, 0.25) is 0 Å². The Bertz CT molecular complexity index is 708. The van der Waals surface area contributed by atoms with Crippen molar-refractivity contribution in [3.63, 3.8) is 0 Å². The second kappa shape index (κ2) is 6.40. The van der Waals surface area contributed by atoms with Crippen molar-refractivity contribution in [1.29, 1.82) is 0 Å². The maximum atomic E-state index is 13.7. The van der Waals surface area contributed by atoms with Gasteiger partial charge < -0.3 is 9.32 Å². The molecule has 1 aliphatic heterocycles. The monoisotopic (exact) mass is 328 g/mol. The first-order valence-corrected chi connectivity index (χ1v) is 8.50. The molecule has 2 aromatic rings. The van der Waals surface area contributed by atoms with Crippen LogP contribution in [0.25, 0.3) is 0 Å². The third-order valence-electron chi connectivity index (χ3n) is 5.05. The lowest BCUT2D eigenvalue weighted by molar-refractivity contribution is -0.134. The lowest BCUT2D eigenvalue weighted by Crippen LogP contribution is -2.48. The highest BCUT2D eigenvalue weighted by atomic mass is 19.1. The third kappa shape index (κ3) is 3.08. The van der Waals surface area contributed by atoms with Gasteiger partial charge in [0.1, 0.15) is 11.6 Å². The van der Waals surface area contributed by atoms with Gasteiger partial charge in [0.2, 0.25) is 5.91 Å². The zero-order chi connectivity index (χ0) is 16.5. The maximum Gasteiger partial charge on any atom is 0.226 e. The van der Waals surface area contributed by atoms with Crippen molar-refractivity contribution in [3.8, 4) is 0 Å². The molecule has 0 radical (unpaired) electrons. The van der Waals surface area contributed by atoms with Crippen LogP contribution in [0.15, 0.2) is 47.1 Å². The number of amides is 1. The lowest BCUT2D eigenvalue weighted by atomic mass is 10.1. The van der Waals surface area contributed by atoms with Crippen molar-refractivity contribution < 1.29 is 13.6 Å². The molecule has 0 bridgehead atoms. The van der Waals surface area contributed by atoms with E-state index >= 15 is 0 Å². The summed E-state index contributed by atoms with van der Waals surface area (Å²) >= 11 is 0. The summed E-state index contributed by atoms with van der Waals surface area (Å²) in [6, 6.07) is 10.7. The van der Waals surface area contributed by atoms with Gasteiger partial charge in [0.15, 0.2) is 0 Å². The Morgan fingerprint density at radius 3 is 2.62 bits per heavy atom. The molecule has 0 N–H and O–H groups in total. The number of benzene rings is 1. The quantitative estimate of drug-likeness (QED) is 0.866. The summed E-state index contributed by atoms with van der Waals surface area (Å²) in [5.41, 5.74) is 0.720. The van der Waals surface area contributed by atoms with Gasteiger partial charge in [0.25, 0.3) is 0 Å². The van der Waals surface area contributed by atoms with E-state index in [-0.39, 0.29) is 23.6 Å². The zero-order valence-electron chi connectivity index (χ0n) is 13.5. The van der Waals surface area contributed by atoms with Crippen LogP contribution >= 0.6 is 0 Å². The summed E-state index contributed by atoms with van der Waals surface area (Å²) in [4.78, 5) is 16.7. The van der Waals surface area contributed by atoms with Crippen molar-refractivity contribution in [1.82, 2.24) is 9.80 Å². The molecule has 4 rings (SSSR count). The average Bonchev–Trinajstić information content (AvgIpc) is 3.22. The highest BCUT2D eigenvalue weighted by molar-refractivity contribution is 5.83. The Labute approximate surface area is 140 Å². The number of carbonyl (C=O) groups excluding carboxylic acids is 1. The Hall–Kier alpha value is -2.14. The lowest BCUT2D eigenvalue weighted by Gasteiger charge is -2.35. The molecule has 1 saturated carbocycles. The fourth-order valence-electron chi connectivity index (χ4n) is 3.51. The van der Waals surface area contributed by atoms with Crippen LogP contribution in [0, 0.1) is 11.7 Å². The molecule has 1 saturated heterocycles. The number of carbonyl (C=O) groups is 1. The molecule has 2 heterocycles. The van der Waals surface area contributed by atoms with E-state index in [1.807, 2.05) is 29.2 Å².